The largest absolute Gasteiger partial charge is 0.478 e. The predicted molar refractivity (Wildman–Crippen MR) is 61.6 cm³/mol. The van der Waals surface area contributed by atoms with Gasteiger partial charge >= 0.3 is 5.97 Å². The highest BCUT2D eigenvalue weighted by atomic mass is 19.3. The van der Waals surface area contributed by atoms with Crippen LogP contribution in [-0.2, 0) is 0 Å². The highest BCUT2D eigenvalue weighted by Gasteiger charge is 2.20. The van der Waals surface area contributed by atoms with E-state index in [1.165, 1.54) is 6.07 Å². The van der Waals surface area contributed by atoms with Gasteiger partial charge in [0, 0.05) is 5.56 Å². The fourth-order valence-electron chi connectivity index (χ4n) is 1.59. The molecule has 0 aliphatic heterocycles. The van der Waals surface area contributed by atoms with Gasteiger partial charge in [0.25, 0.3) is 6.43 Å². The van der Waals surface area contributed by atoms with E-state index >= 15 is 0 Å². The Morgan fingerprint density at radius 2 is 1.78 bits per heavy atom. The number of hydrogen-bond acceptors (Lipinski definition) is 2. The second-order valence-corrected chi connectivity index (χ2v) is 3.60. The molecule has 1 heterocycles. The number of nitrogens with zero attached hydrogens (tertiary/aromatic N) is 1. The summed E-state index contributed by atoms with van der Waals surface area (Å²) in [5.74, 6) is -1.41. The van der Waals surface area contributed by atoms with Gasteiger partial charge < -0.3 is 5.11 Å². The van der Waals surface area contributed by atoms with E-state index in [9.17, 15) is 13.6 Å². The zero-order chi connectivity index (χ0) is 13.1. The second kappa shape index (κ2) is 4.91. The van der Waals surface area contributed by atoms with Crippen LogP contribution in [0.4, 0.5) is 8.78 Å². The topological polar surface area (TPSA) is 50.2 Å². The van der Waals surface area contributed by atoms with E-state index in [-0.39, 0.29) is 0 Å². The van der Waals surface area contributed by atoms with E-state index in [2.05, 4.69) is 4.98 Å². The second-order valence-electron chi connectivity index (χ2n) is 3.60. The van der Waals surface area contributed by atoms with Crippen LogP contribution in [0.3, 0.4) is 0 Å². The molecule has 0 atom stereocenters. The van der Waals surface area contributed by atoms with Crippen LogP contribution in [0.2, 0.25) is 0 Å². The third-order valence-electron chi connectivity index (χ3n) is 2.43. The molecule has 18 heavy (non-hydrogen) atoms. The monoisotopic (exact) mass is 249 g/mol. The Kier molecular flexibility index (Phi) is 3.32. The number of carbonyl (C=O) groups is 1. The minimum Gasteiger partial charge on any atom is -0.478 e. The average molecular weight is 249 g/mol. The summed E-state index contributed by atoms with van der Waals surface area (Å²) in [6.07, 6.45) is -2.92. The number of halogens is 2. The molecule has 0 bridgehead atoms. The maximum atomic E-state index is 12.8. The highest BCUT2D eigenvalue weighted by Crippen LogP contribution is 2.25. The Balaban J connectivity index is 2.54. The van der Waals surface area contributed by atoms with Gasteiger partial charge in [-0.1, -0.05) is 30.3 Å². The van der Waals surface area contributed by atoms with Gasteiger partial charge in [-0.2, -0.15) is 0 Å². The minimum absolute atomic E-state index is 0.330. The maximum Gasteiger partial charge on any atom is 0.337 e. The van der Waals surface area contributed by atoms with Crippen molar-refractivity contribution in [2.75, 3.05) is 0 Å². The van der Waals surface area contributed by atoms with Gasteiger partial charge in [0.05, 0.1) is 11.3 Å². The van der Waals surface area contributed by atoms with E-state index in [1.54, 1.807) is 30.3 Å². The first-order valence-corrected chi connectivity index (χ1v) is 5.17. The first kappa shape index (κ1) is 12.2. The molecule has 1 aromatic heterocycles. The lowest BCUT2D eigenvalue weighted by Crippen LogP contribution is -2.06. The Hall–Kier alpha value is -2.30. The van der Waals surface area contributed by atoms with Crippen LogP contribution in [0.1, 0.15) is 22.5 Å². The van der Waals surface area contributed by atoms with Crippen LogP contribution in [-0.4, -0.2) is 16.1 Å². The number of aromatic nitrogens is 1. The first-order chi connectivity index (χ1) is 8.59. The Labute approximate surface area is 102 Å². The third kappa shape index (κ3) is 2.34. The van der Waals surface area contributed by atoms with Crippen LogP contribution >= 0.6 is 0 Å². The summed E-state index contributed by atoms with van der Waals surface area (Å²) in [5, 5.41) is 8.80. The number of benzene rings is 1. The summed E-state index contributed by atoms with van der Waals surface area (Å²) < 4.78 is 25.5. The average Bonchev–Trinajstić information content (AvgIpc) is 2.39. The molecule has 0 aliphatic carbocycles. The number of carboxylic acid groups (broad SMARTS) is 1. The number of hydrogen-bond donors (Lipinski definition) is 1. The van der Waals surface area contributed by atoms with E-state index in [1.807, 2.05) is 0 Å². The maximum absolute atomic E-state index is 12.8. The summed E-state index contributed by atoms with van der Waals surface area (Å²) in [4.78, 5) is 14.5. The molecule has 2 aromatic rings. The summed E-state index contributed by atoms with van der Waals surface area (Å²) >= 11 is 0. The highest BCUT2D eigenvalue weighted by molar-refractivity contribution is 5.89. The zero-order valence-electron chi connectivity index (χ0n) is 9.18. The minimum atomic E-state index is -2.92. The lowest BCUT2D eigenvalue weighted by atomic mass is 10.1. The number of alkyl halides is 2. The number of rotatable bonds is 3. The van der Waals surface area contributed by atoms with Crippen LogP contribution in [0, 0.1) is 0 Å². The van der Waals surface area contributed by atoms with Crippen molar-refractivity contribution in [1.29, 1.82) is 0 Å². The van der Waals surface area contributed by atoms with Gasteiger partial charge in [-0.05, 0) is 12.1 Å². The van der Waals surface area contributed by atoms with Crippen molar-refractivity contribution in [3.05, 3.63) is 53.7 Å². The van der Waals surface area contributed by atoms with Crippen molar-refractivity contribution in [3.63, 3.8) is 0 Å². The molecule has 0 amide bonds. The molecule has 5 heteroatoms. The number of pyridine rings is 1. The molecular weight excluding hydrogens is 240 g/mol. The Morgan fingerprint density at radius 3 is 2.33 bits per heavy atom. The zero-order valence-corrected chi connectivity index (χ0v) is 9.18. The van der Waals surface area contributed by atoms with Crippen molar-refractivity contribution in [2.45, 2.75) is 6.43 Å². The van der Waals surface area contributed by atoms with Crippen LogP contribution < -0.4 is 0 Å². The summed E-state index contributed by atoms with van der Waals surface area (Å²) in [5.41, 5.74) is -0.180. The van der Waals surface area contributed by atoms with Gasteiger partial charge in [0.1, 0.15) is 5.69 Å². The SMILES string of the molecule is O=C(O)c1ccc(-c2ccccc2)nc1C(F)F. The summed E-state index contributed by atoms with van der Waals surface area (Å²) in [6, 6.07) is 11.3. The summed E-state index contributed by atoms with van der Waals surface area (Å²) in [7, 11) is 0. The molecule has 2 rings (SSSR count). The van der Waals surface area contributed by atoms with Crippen molar-refractivity contribution in [3.8, 4) is 11.3 Å². The number of aromatic carboxylic acids is 1. The predicted octanol–water partition coefficient (Wildman–Crippen LogP) is 3.38. The molecular formula is C13H9F2NO2. The van der Waals surface area contributed by atoms with Gasteiger partial charge in [-0.3, -0.25) is 0 Å². The number of carboxylic acids is 1. The molecule has 1 N–H and O–H groups in total. The Bertz CT molecular complexity index is 570. The normalized spacial score (nSPS) is 10.6. The van der Waals surface area contributed by atoms with Gasteiger partial charge in [-0.15, -0.1) is 0 Å². The molecule has 0 saturated heterocycles. The van der Waals surface area contributed by atoms with Crippen LogP contribution in [0.5, 0.6) is 0 Å². The van der Waals surface area contributed by atoms with Crippen molar-refractivity contribution >= 4 is 5.97 Å². The fourth-order valence-corrected chi connectivity index (χ4v) is 1.59. The first-order valence-electron chi connectivity index (χ1n) is 5.17. The summed E-state index contributed by atoms with van der Waals surface area (Å²) in [6.45, 7) is 0. The lowest BCUT2D eigenvalue weighted by Gasteiger charge is -2.07. The molecule has 1 aromatic carbocycles. The van der Waals surface area contributed by atoms with Gasteiger partial charge in [-0.25, -0.2) is 18.6 Å². The van der Waals surface area contributed by atoms with E-state index in [4.69, 9.17) is 5.11 Å². The van der Waals surface area contributed by atoms with E-state index in [0.29, 0.717) is 11.3 Å². The molecule has 3 nitrogen and oxygen atoms in total. The molecule has 0 spiro atoms. The molecule has 0 fully saturated rings. The molecule has 0 radical (unpaired) electrons. The van der Waals surface area contributed by atoms with Crippen molar-refractivity contribution in [1.82, 2.24) is 4.98 Å². The molecule has 0 unspecified atom stereocenters. The van der Waals surface area contributed by atoms with Gasteiger partial charge in [0.2, 0.25) is 0 Å². The Morgan fingerprint density at radius 1 is 1.11 bits per heavy atom. The van der Waals surface area contributed by atoms with Crippen molar-refractivity contribution < 1.29 is 18.7 Å². The fraction of sp³-hybridized carbons (Fsp3) is 0.0769. The lowest BCUT2D eigenvalue weighted by molar-refractivity contribution is 0.0682. The third-order valence-corrected chi connectivity index (χ3v) is 2.43. The van der Waals surface area contributed by atoms with Crippen LogP contribution in [0.15, 0.2) is 42.5 Å². The van der Waals surface area contributed by atoms with E-state index in [0.717, 1.165) is 6.07 Å². The standard InChI is InChI=1S/C13H9F2NO2/c14-12(15)11-9(13(17)18)6-7-10(16-11)8-4-2-1-3-5-8/h1-7,12H,(H,17,18). The van der Waals surface area contributed by atoms with E-state index < -0.39 is 23.7 Å². The molecule has 92 valence electrons. The van der Waals surface area contributed by atoms with Crippen molar-refractivity contribution in [2.24, 2.45) is 0 Å². The van der Waals surface area contributed by atoms with Gasteiger partial charge in [0.15, 0.2) is 0 Å². The van der Waals surface area contributed by atoms with Crippen LogP contribution in [0.25, 0.3) is 11.3 Å². The molecule has 0 aliphatic rings. The smallest absolute Gasteiger partial charge is 0.337 e. The molecule has 0 saturated carbocycles. The quantitative estimate of drug-likeness (QED) is 0.907.